The first kappa shape index (κ1) is 29.9. The molecule has 0 aliphatic carbocycles. The predicted molar refractivity (Wildman–Crippen MR) is 137 cm³/mol. The van der Waals surface area contributed by atoms with E-state index in [9.17, 15) is 40.0 Å². The van der Waals surface area contributed by atoms with Crippen LogP contribution in [0, 0.1) is 18.6 Å². The lowest BCUT2D eigenvalue weighted by molar-refractivity contribution is -0.137. The minimum atomic E-state index is -4.76. The topological polar surface area (TPSA) is 94.1 Å². The van der Waals surface area contributed by atoms with Crippen LogP contribution in [0.15, 0.2) is 24.3 Å². The summed E-state index contributed by atoms with van der Waals surface area (Å²) in [6.45, 7) is 1.82. The minimum absolute atomic E-state index is 0.0392. The predicted octanol–water partition coefficient (Wildman–Crippen LogP) is 3.34. The first-order valence-corrected chi connectivity index (χ1v) is 14.3. The molecule has 1 atom stereocenters. The first-order chi connectivity index (χ1) is 18.6. The number of carbonyl (C=O) groups is 2. The summed E-state index contributed by atoms with van der Waals surface area (Å²) in [5, 5.41) is -0.850. The molecule has 3 amide bonds. The Hall–Kier alpha value is -3.04. The maximum atomic E-state index is 14.7. The van der Waals surface area contributed by atoms with Crippen molar-refractivity contribution in [1.29, 1.82) is 0 Å². The third-order valence-corrected chi connectivity index (χ3v) is 8.77. The van der Waals surface area contributed by atoms with Crippen molar-refractivity contribution in [3.05, 3.63) is 52.2 Å². The van der Waals surface area contributed by atoms with Gasteiger partial charge >= 0.3 is 12.2 Å². The van der Waals surface area contributed by atoms with E-state index in [1.54, 1.807) is 0 Å². The molecule has 218 valence electrons. The Balaban J connectivity index is 1.66. The molecule has 9 nitrogen and oxygen atoms in total. The average molecular weight is 610 g/mol. The van der Waals surface area contributed by atoms with Gasteiger partial charge in [-0.3, -0.25) is 14.6 Å². The van der Waals surface area contributed by atoms with Crippen molar-refractivity contribution in [1.82, 2.24) is 14.8 Å². The van der Waals surface area contributed by atoms with Gasteiger partial charge in [0.1, 0.15) is 22.7 Å². The van der Waals surface area contributed by atoms with Crippen LogP contribution in [-0.2, 0) is 20.8 Å². The van der Waals surface area contributed by atoms with E-state index in [4.69, 9.17) is 11.6 Å². The van der Waals surface area contributed by atoms with Crippen molar-refractivity contribution < 1.29 is 40.0 Å². The van der Waals surface area contributed by atoms with Crippen molar-refractivity contribution in [2.45, 2.75) is 19.1 Å². The smallest absolute Gasteiger partial charge is 0.320 e. The standard InChI is InChI=1S/C24H25ClF5N5O4S/c1-14-11-15(24(28,29)30)12-19(31-14)35-18(22(36)32(2)17-4-3-16(26)20(25)21(17)27)13-34(23(35)37)6-5-33-7-9-40(38,39)10-8-33/h3-4,11-12,18H,5-10,13H2,1-2H3. The van der Waals surface area contributed by atoms with Crippen LogP contribution in [-0.4, -0.2) is 92.5 Å². The lowest BCUT2D eigenvalue weighted by atomic mass is 10.1. The van der Waals surface area contributed by atoms with Gasteiger partial charge in [-0.05, 0) is 31.2 Å². The number of sulfone groups is 1. The third kappa shape index (κ3) is 6.15. The maximum Gasteiger partial charge on any atom is 0.416 e. The number of anilines is 2. The number of nitrogens with zero attached hydrogens (tertiary/aromatic N) is 5. The molecule has 40 heavy (non-hydrogen) atoms. The second-order valence-corrected chi connectivity index (χ2v) is 12.2. The van der Waals surface area contributed by atoms with Crippen LogP contribution in [0.25, 0.3) is 0 Å². The molecular weight excluding hydrogens is 585 g/mol. The molecule has 2 aromatic rings. The van der Waals surface area contributed by atoms with Crippen molar-refractivity contribution in [2.75, 3.05) is 61.1 Å². The Morgan fingerprint density at radius 3 is 2.42 bits per heavy atom. The van der Waals surface area contributed by atoms with Crippen LogP contribution in [0.1, 0.15) is 11.3 Å². The number of hydrogen-bond donors (Lipinski definition) is 0. The summed E-state index contributed by atoms with van der Waals surface area (Å²) in [6, 6.07) is 1.05. The largest absolute Gasteiger partial charge is 0.416 e. The van der Waals surface area contributed by atoms with E-state index < -0.39 is 67.7 Å². The highest BCUT2D eigenvalue weighted by Gasteiger charge is 2.45. The van der Waals surface area contributed by atoms with Gasteiger partial charge in [0.05, 0.1) is 29.3 Å². The average Bonchev–Trinajstić information content (AvgIpc) is 3.21. The number of halogens is 6. The fourth-order valence-electron chi connectivity index (χ4n) is 4.58. The molecule has 4 rings (SSSR count). The number of benzene rings is 1. The van der Waals surface area contributed by atoms with Crippen molar-refractivity contribution in [2.24, 2.45) is 0 Å². The highest BCUT2D eigenvalue weighted by molar-refractivity contribution is 7.91. The molecule has 2 fully saturated rings. The van der Waals surface area contributed by atoms with E-state index in [1.807, 2.05) is 4.90 Å². The van der Waals surface area contributed by atoms with Gasteiger partial charge in [-0.25, -0.2) is 27.0 Å². The van der Waals surface area contributed by atoms with Crippen LogP contribution in [0.3, 0.4) is 0 Å². The van der Waals surface area contributed by atoms with Gasteiger partial charge in [-0.1, -0.05) is 11.6 Å². The SMILES string of the molecule is Cc1cc(C(F)(F)F)cc(N2C(=O)N(CCN3CCS(=O)(=O)CC3)CC2C(=O)N(C)c2ccc(F)c(Cl)c2F)n1. The third-order valence-electron chi connectivity index (χ3n) is 6.81. The van der Waals surface area contributed by atoms with Crippen molar-refractivity contribution in [3.63, 3.8) is 0 Å². The Bertz CT molecular complexity index is 1430. The number of hydrogen-bond acceptors (Lipinski definition) is 6. The highest BCUT2D eigenvalue weighted by Crippen LogP contribution is 2.35. The molecule has 0 bridgehead atoms. The zero-order valence-electron chi connectivity index (χ0n) is 21.4. The molecule has 0 saturated carbocycles. The van der Waals surface area contributed by atoms with Crippen LogP contribution in [0.2, 0.25) is 5.02 Å². The van der Waals surface area contributed by atoms with Gasteiger partial charge in [0.2, 0.25) is 0 Å². The summed E-state index contributed by atoms with van der Waals surface area (Å²) in [6.07, 6.45) is -4.76. The lowest BCUT2D eigenvalue weighted by Gasteiger charge is -2.28. The fourth-order valence-corrected chi connectivity index (χ4v) is 6.02. The summed E-state index contributed by atoms with van der Waals surface area (Å²) in [7, 11) is -1.97. The molecule has 2 saturated heterocycles. The van der Waals surface area contributed by atoms with E-state index >= 15 is 0 Å². The number of rotatable bonds is 6. The molecule has 1 unspecified atom stereocenters. The first-order valence-electron chi connectivity index (χ1n) is 12.1. The summed E-state index contributed by atoms with van der Waals surface area (Å²) in [5.41, 5.74) is -1.53. The van der Waals surface area contributed by atoms with Crippen LogP contribution in [0.5, 0.6) is 0 Å². The molecule has 0 spiro atoms. The zero-order chi connectivity index (χ0) is 29.6. The van der Waals surface area contributed by atoms with E-state index in [0.29, 0.717) is 6.07 Å². The highest BCUT2D eigenvalue weighted by atomic mass is 35.5. The Kier molecular flexibility index (Phi) is 8.30. The van der Waals surface area contributed by atoms with Crippen molar-refractivity contribution in [3.8, 4) is 0 Å². The molecular formula is C24H25ClF5N5O4S. The Morgan fingerprint density at radius 2 is 1.80 bits per heavy atom. The normalized spacial score (nSPS) is 19.8. The summed E-state index contributed by atoms with van der Waals surface area (Å²) < 4.78 is 92.5. The number of likely N-dealkylation sites (N-methyl/N-ethyl adjacent to an activating group) is 1. The van der Waals surface area contributed by atoms with Gasteiger partial charge < -0.3 is 9.80 Å². The van der Waals surface area contributed by atoms with Crippen LogP contribution < -0.4 is 9.80 Å². The number of carbonyl (C=O) groups excluding carboxylic acids is 2. The van der Waals surface area contributed by atoms with Crippen LogP contribution in [0.4, 0.5) is 38.3 Å². The number of alkyl halides is 3. The number of aryl methyl sites for hydroxylation is 1. The summed E-state index contributed by atoms with van der Waals surface area (Å²) >= 11 is 5.65. The minimum Gasteiger partial charge on any atom is -0.320 e. The number of pyridine rings is 1. The monoisotopic (exact) mass is 609 g/mol. The van der Waals surface area contributed by atoms with E-state index in [2.05, 4.69) is 4.98 Å². The number of amides is 3. The molecule has 1 aromatic heterocycles. The van der Waals surface area contributed by atoms with Crippen molar-refractivity contribution >= 4 is 44.9 Å². The second kappa shape index (κ2) is 11.1. The van der Waals surface area contributed by atoms with E-state index in [-0.39, 0.29) is 49.9 Å². The molecule has 2 aliphatic rings. The maximum absolute atomic E-state index is 14.7. The number of urea groups is 1. The molecule has 2 aliphatic heterocycles. The van der Waals surface area contributed by atoms with Gasteiger partial charge in [0, 0.05) is 38.9 Å². The molecule has 0 N–H and O–H groups in total. The van der Waals surface area contributed by atoms with Crippen LogP contribution >= 0.6 is 11.6 Å². The fraction of sp³-hybridized carbons (Fsp3) is 0.458. The van der Waals surface area contributed by atoms with Gasteiger partial charge in [-0.15, -0.1) is 0 Å². The second-order valence-electron chi connectivity index (χ2n) is 9.55. The van der Waals surface area contributed by atoms with Gasteiger partial charge in [-0.2, -0.15) is 13.2 Å². The molecule has 0 radical (unpaired) electrons. The van der Waals surface area contributed by atoms with Gasteiger partial charge in [0.25, 0.3) is 5.91 Å². The zero-order valence-corrected chi connectivity index (χ0v) is 23.0. The number of aromatic nitrogens is 1. The Morgan fingerprint density at radius 1 is 1.15 bits per heavy atom. The molecule has 16 heteroatoms. The van der Waals surface area contributed by atoms with E-state index in [1.165, 1.54) is 18.9 Å². The summed E-state index contributed by atoms with van der Waals surface area (Å²) in [4.78, 5) is 35.9. The molecule has 3 heterocycles. The Labute approximate surface area is 232 Å². The quantitative estimate of drug-likeness (QED) is 0.368. The molecule has 1 aromatic carbocycles. The van der Waals surface area contributed by atoms with Gasteiger partial charge in [0.15, 0.2) is 15.7 Å². The summed E-state index contributed by atoms with van der Waals surface area (Å²) in [5.74, 6) is -3.66. The lowest BCUT2D eigenvalue weighted by Crippen LogP contribution is -2.47. The van der Waals surface area contributed by atoms with E-state index in [0.717, 1.165) is 28.0 Å².